The molecular weight excluding hydrogens is 374 g/mol. The molecule has 134 valence electrons. The molecule has 1 atom stereocenters. The highest BCUT2D eigenvalue weighted by atomic mass is 35.5. The van der Waals surface area contributed by atoms with Crippen LogP contribution in [0.25, 0.3) is 11.4 Å². The van der Waals surface area contributed by atoms with Crippen LogP contribution in [-0.2, 0) is 4.79 Å². The van der Waals surface area contributed by atoms with Crippen molar-refractivity contribution in [2.24, 2.45) is 0 Å². The molecule has 1 aromatic heterocycles. The summed E-state index contributed by atoms with van der Waals surface area (Å²) in [7, 11) is 1.61. The van der Waals surface area contributed by atoms with Crippen molar-refractivity contribution >= 4 is 34.2 Å². The van der Waals surface area contributed by atoms with Crippen LogP contribution < -0.4 is 14.8 Å². The van der Waals surface area contributed by atoms with Crippen molar-refractivity contribution in [1.29, 1.82) is 0 Å². The summed E-state index contributed by atoms with van der Waals surface area (Å²) >= 11 is 7.14. The number of carbonyl (C=O) groups is 1. The van der Waals surface area contributed by atoms with Crippen molar-refractivity contribution in [2.45, 2.75) is 13.0 Å². The molecule has 0 unspecified atom stereocenters. The fourth-order valence-electron chi connectivity index (χ4n) is 2.12. The second kappa shape index (κ2) is 8.16. The third-order valence-electron chi connectivity index (χ3n) is 3.51. The van der Waals surface area contributed by atoms with Gasteiger partial charge in [0.15, 0.2) is 11.9 Å². The number of methoxy groups -OCH3 is 1. The third kappa shape index (κ3) is 4.30. The van der Waals surface area contributed by atoms with Crippen LogP contribution in [0.3, 0.4) is 0 Å². The number of carbonyl (C=O) groups excluding carboxylic acids is 1. The quantitative estimate of drug-likeness (QED) is 0.681. The summed E-state index contributed by atoms with van der Waals surface area (Å²) in [5, 5.41) is 3.55. The molecule has 6 nitrogen and oxygen atoms in total. The Morgan fingerprint density at radius 2 is 1.92 bits per heavy atom. The Hall–Kier alpha value is -2.64. The third-order valence-corrected chi connectivity index (χ3v) is 4.46. The molecule has 1 heterocycles. The molecule has 2 aromatic carbocycles. The molecule has 0 saturated heterocycles. The first kappa shape index (κ1) is 18.2. The Morgan fingerprint density at radius 1 is 1.19 bits per heavy atom. The van der Waals surface area contributed by atoms with E-state index in [0.29, 0.717) is 21.7 Å². The maximum absolute atomic E-state index is 12.3. The van der Waals surface area contributed by atoms with E-state index in [1.165, 1.54) is 0 Å². The summed E-state index contributed by atoms with van der Waals surface area (Å²) in [6.45, 7) is 1.64. The van der Waals surface area contributed by atoms with Crippen LogP contribution in [0.1, 0.15) is 6.92 Å². The number of para-hydroxylation sites is 1. The molecule has 0 aliphatic heterocycles. The lowest BCUT2D eigenvalue weighted by Gasteiger charge is -2.14. The van der Waals surface area contributed by atoms with Gasteiger partial charge in [0, 0.05) is 17.1 Å². The summed E-state index contributed by atoms with van der Waals surface area (Å²) in [5.41, 5.74) is 0.836. The molecular formula is C18H16ClN3O3S. The van der Waals surface area contributed by atoms with Gasteiger partial charge in [-0.25, -0.2) is 0 Å². The van der Waals surface area contributed by atoms with Gasteiger partial charge < -0.3 is 9.47 Å². The summed E-state index contributed by atoms with van der Waals surface area (Å²) in [6.07, 6.45) is -0.733. The van der Waals surface area contributed by atoms with E-state index in [0.717, 1.165) is 22.8 Å². The number of nitrogens with one attached hydrogen (secondary N) is 1. The van der Waals surface area contributed by atoms with Gasteiger partial charge in [0.05, 0.1) is 12.1 Å². The van der Waals surface area contributed by atoms with E-state index >= 15 is 0 Å². The van der Waals surface area contributed by atoms with Gasteiger partial charge in [-0.2, -0.15) is 9.36 Å². The molecule has 0 aliphatic rings. The Labute approximate surface area is 159 Å². The number of hydrogen-bond acceptors (Lipinski definition) is 6. The number of aromatic nitrogens is 2. The normalized spacial score (nSPS) is 11.7. The number of ether oxygens (including phenoxy) is 2. The SMILES string of the molecule is COc1ccc(-c2nsc(NC(=O)[C@@H](C)Oc3ccccc3Cl)n2)cc1. The zero-order valence-corrected chi connectivity index (χ0v) is 15.7. The minimum absolute atomic E-state index is 0.331. The van der Waals surface area contributed by atoms with E-state index < -0.39 is 6.10 Å². The second-order valence-electron chi connectivity index (χ2n) is 5.33. The average molecular weight is 390 g/mol. The Morgan fingerprint density at radius 3 is 2.62 bits per heavy atom. The van der Waals surface area contributed by atoms with Gasteiger partial charge in [-0.3, -0.25) is 10.1 Å². The predicted octanol–water partition coefficient (Wildman–Crippen LogP) is 4.27. The van der Waals surface area contributed by atoms with Crippen molar-refractivity contribution in [1.82, 2.24) is 9.36 Å². The summed E-state index contributed by atoms with van der Waals surface area (Å²) in [6, 6.07) is 14.4. The largest absolute Gasteiger partial charge is 0.497 e. The first-order valence-electron chi connectivity index (χ1n) is 7.77. The van der Waals surface area contributed by atoms with E-state index in [4.69, 9.17) is 21.1 Å². The van der Waals surface area contributed by atoms with Gasteiger partial charge in [0.2, 0.25) is 5.13 Å². The fourth-order valence-corrected chi connectivity index (χ4v) is 2.90. The number of hydrogen-bond donors (Lipinski definition) is 1. The molecule has 1 N–H and O–H groups in total. The Bertz CT molecular complexity index is 899. The van der Waals surface area contributed by atoms with E-state index in [1.54, 1.807) is 38.3 Å². The van der Waals surface area contributed by atoms with E-state index in [1.807, 2.05) is 24.3 Å². The maximum Gasteiger partial charge on any atom is 0.266 e. The highest BCUT2D eigenvalue weighted by Crippen LogP contribution is 2.25. The lowest BCUT2D eigenvalue weighted by Crippen LogP contribution is -2.30. The minimum atomic E-state index is -0.733. The number of halogens is 1. The standard InChI is InChI=1S/C18H16ClN3O3S/c1-11(25-15-6-4-3-5-14(15)19)17(23)21-18-20-16(22-26-18)12-7-9-13(24-2)10-8-12/h3-11H,1-2H3,(H,20,21,22,23)/t11-/m1/s1. The summed E-state index contributed by atoms with van der Waals surface area (Å²) < 4.78 is 15.0. The number of benzene rings is 2. The topological polar surface area (TPSA) is 73.3 Å². The first-order valence-corrected chi connectivity index (χ1v) is 8.92. The van der Waals surface area contributed by atoms with Gasteiger partial charge in [0.1, 0.15) is 11.5 Å². The van der Waals surface area contributed by atoms with Crippen LogP contribution in [0.4, 0.5) is 5.13 Å². The number of anilines is 1. The van der Waals surface area contributed by atoms with Crippen molar-refractivity contribution in [3.05, 3.63) is 53.6 Å². The molecule has 3 aromatic rings. The van der Waals surface area contributed by atoms with Crippen molar-refractivity contribution in [2.75, 3.05) is 12.4 Å². The Balaban J connectivity index is 1.64. The van der Waals surface area contributed by atoms with Gasteiger partial charge in [-0.05, 0) is 43.3 Å². The van der Waals surface area contributed by atoms with E-state index in [-0.39, 0.29) is 5.91 Å². The zero-order valence-electron chi connectivity index (χ0n) is 14.1. The van der Waals surface area contributed by atoms with E-state index in [9.17, 15) is 4.79 Å². The molecule has 26 heavy (non-hydrogen) atoms. The van der Waals surface area contributed by atoms with Crippen LogP contribution >= 0.6 is 23.1 Å². The molecule has 0 saturated carbocycles. The maximum atomic E-state index is 12.3. The van der Waals surface area contributed by atoms with E-state index in [2.05, 4.69) is 14.7 Å². The molecule has 0 fully saturated rings. The smallest absolute Gasteiger partial charge is 0.266 e. The molecule has 0 aliphatic carbocycles. The second-order valence-corrected chi connectivity index (χ2v) is 6.49. The van der Waals surface area contributed by atoms with Crippen molar-refractivity contribution in [3.8, 4) is 22.9 Å². The Kier molecular flexibility index (Phi) is 5.70. The van der Waals surface area contributed by atoms with Crippen LogP contribution in [-0.4, -0.2) is 28.5 Å². The lowest BCUT2D eigenvalue weighted by molar-refractivity contribution is -0.122. The van der Waals surface area contributed by atoms with Crippen molar-refractivity contribution in [3.63, 3.8) is 0 Å². The number of amides is 1. The molecule has 3 rings (SSSR count). The van der Waals surface area contributed by atoms with Gasteiger partial charge in [-0.1, -0.05) is 23.7 Å². The van der Waals surface area contributed by atoms with Gasteiger partial charge in [-0.15, -0.1) is 0 Å². The molecule has 0 spiro atoms. The zero-order chi connectivity index (χ0) is 18.5. The van der Waals surface area contributed by atoms with Crippen LogP contribution in [0.2, 0.25) is 5.02 Å². The van der Waals surface area contributed by atoms with Crippen LogP contribution in [0.5, 0.6) is 11.5 Å². The predicted molar refractivity (Wildman–Crippen MR) is 102 cm³/mol. The number of nitrogens with zero attached hydrogens (tertiary/aromatic N) is 2. The fraction of sp³-hybridized carbons (Fsp3) is 0.167. The highest BCUT2D eigenvalue weighted by molar-refractivity contribution is 7.10. The average Bonchev–Trinajstić information content (AvgIpc) is 3.12. The summed E-state index contributed by atoms with van der Waals surface area (Å²) in [5.74, 6) is 1.41. The monoisotopic (exact) mass is 389 g/mol. The molecule has 0 bridgehead atoms. The van der Waals surface area contributed by atoms with Crippen LogP contribution in [0.15, 0.2) is 48.5 Å². The lowest BCUT2D eigenvalue weighted by atomic mass is 10.2. The minimum Gasteiger partial charge on any atom is -0.497 e. The van der Waals surface area contributed by atoms with Crippen LogP contribution in [0, 0.1) is 0 Å². The summed E-state index contributed by atoms with van der Waals surface area (Å²) in [4.78, 5) is 16.6. The van der Waals surface area contributed by atoms with Gasteiger partial charge >= 0.3 is 0 Å². The molecule has 8 heteroatoms. The first-order chi connectivity index (χ1) is 12.6. The number of rotatable bonds is 6. The van der Waals surface area contributed by atoms with Crippen molar-refractivity contribution < 1.29 is 14.3 Å². The highest BCUT2D eigenvalue weighted by Gasteiger charge is 2.18. The molecule has 1 amide bonds. The van der Waals surface area contributed by atoms with Gasteiger partial charge in [0.25, 0.3) is 5.91 Å². The molecule has 0 radical (unpaired) electrons.